The molecule has 0 aliphatic heterocycles. The Balaban J connectivity index is 2.28. The molecule has 0 fully saturated rings. The molecule has 0 radical (unpaired) electrons. The molecule has 0 saturated heterocycles. The minimum absolute atomic E-state index is 0.0176. The maximum atomic E-state index is 13.1. The lowest BCUT2D eigenvalue weighted by atomic mass is 10.2. The van der Waals surface area contributed by atoms with Crippen molar-refractivity contribution in [3.8, 4) is 0 Å². The first-order valence-electron chi connectivity index (χ1n) is 5.36. The number of benzene rings is 1. The number of carbonyl (C=O) groups excluding carboxylic acids is 1. The number of rotatable bonds is 2. The third kappa shape index (κ3) is 3.22. The molecule has 1 amide bonds. The largest absolute Gasteiger partial charge is 0.322 e. The van der Waals surface area contributed by atoms with Crippen LogP contribution in [0.3, 0.4) is 0 Å². The van der Waals surface area contributed by atoms with Crippen LogP contribution in [0.25, 0.3) is 0 Å². The second-order valence-electron chi connectivity index (χ2n) is 3.91. The van der Waals surface area contributed by atoms with Crippen molar-refractivity contribution in [1.29, 1.82) is 0 Å². The van der Waals surface area contributed by atoms with E-state index in [1.54, 1.807) is 25.1 Å². The number of aromatic nitrogens is 1. The van der Waals surface area contributed by atoms with E-state index >= 15 is 0 Å². The van der Waals surface area contributed by atoms with Gasteiger partial charge >= 0.3 is 0 Å². The van der Waals surface area contributed by atoms with E-state index in [0.29, 0.717) is 10.7 Å². The van der Waals surface area contributed by atoms with Gasteiger partial charge in [0.05, 0.1) is 11.8 Å². The van der Waals surface area contributed by atoms with E-state index in [2.05, 4.69) is 10.3 Å². The minimum atomic E-state index is -0.623. The van der Waals surface area contributed by atoms with Gasteiger partial charge in [0.15, 0.2) is 0 Å². The normalized spacial score (nSPS) is 10.3. The molecule has 0 spiro atoms. The van der Waals surface area contributed by atoms with E-state index in [9.17, 15) is 9.18 Å². The molecule has 0 aliphatic carbocycles. The molecule has 0 saturated carbocycles. The molecular formula is C13H9Cl2FN2O. The molecule has 2 aromatic rings. The molecular weight excluding hydrogens is 290 g/mol. The molecule has 2 rings (SSSR count). The molecule has 98 valence electrons. The van der Waals surface area contributed by atoms with Crippen molar-refractivity contribution >= 4 is 34.8 Å². The fraction of sp³-hybridized carbons (Fsp3) is 0.0769. The first kappa shape index (κ1) is 13.8. The fourth-order valence-corrected chi connectivity index (χ4v) is 1.95. The lowest BCUT2D eigenvalue weighted by Crippen LogP contribution is -2.14. The maximum Gasteiger partial charge on any atom is 0.258 e. The number of carbonyl (C=O) groups is 1. The lowest BCUT2D eigenvalue weighted by Gasteiger charge is -2.09. The van der Waals surface area contributed by atoms with E-state index in [4.69, 9.17) is 23.2 Å². The molecule has 0 atom stereocenters. The average Bonchev–Trinajstić information content (AvgIpc) is 2.35. The fourth-order valence-electron chi connectivity index (χ4n) is 1.54. The number of nitrogens with zero attached hydrogens (tertiary/aromatic N) is 1. The van der Waals surface area contributed by atoms with Gasteiger partial charge in [0, 0.05) is 10.7 Å². The summed E-state index contributed by atoms with van der Waals surface area (Å²) in [4.78, 5) is 15.6. The Morgan fingerprint density at radius 1 is 1.32 bits per heavy atom. The molecule has 3 nitrogen and oxygen atoms in total. The van der Waals surface area contributed by atoms with Gasteiger partial charge in [0.2, 0.25) is 0 Å². The Labute approximate surface area is 119 Å². The van der Waals surface area contributed by atoms with Crippen LogP contribution in [-0.4, -0.2) is 10.9 Å². The summed E-state index contributed by atoms with van der Waals surface area (Å²) < 4.78 is 13.1. The predicted octanol–water partition coefficient (Wildman–Crippen LogP) is 4.09. The van der Waals surface area contributed by atoms with Crippen LogP contribution in [0.4, 0.5) is 10.1 Å². The zero-order chi connectivity index (χ0) is 14.0. The predicted molar refractivity (Wildman–Crippen MR) is 73.3 cm³/mol. The summed E-state index contributed by atoms with van der Waals surface area (Å²) in [6.45, 7) is 1.80. The van der Waals surface area contributed by atoms with Crippen LogP contribution in [0.1, 0.15) is 15.9 Å². The van der Waals surface area contributed by atoms with E-state index in [1.807, 2.05) is 0 Å². The summed E-state index contributed by atoms with van der Waals surface area (Å²) in [6, 6.07) is 6.06. The van der Waals surface area contributed by atoms with Crippen molar-refractivity contribution in [2.24, 2.45) is 0 Å². The quantitative estimate of drug-likeness (QED) is 0.849. The highest BCUT2D eigenvalue weighted by Crippen LogP contribution is 2.21. The number of amides is 1. The van der Waals surface area contributed by atoms with E-state index in [0.717, 1.165) is 17.8 Å². The molecule has 1 aromatic heterocycles. The highest BCUT2D eigenvalue weighted by molar-refractivity contribution is 6.33. The van der Waals surface area contributed by atoms with Gasteiger partial charge in [-0.25, -0.2) is 9.37 Å². The highest BCUT2D eigenvalue weighted by atomic mass is 35.5. The number of anilines is 1. The Kier molecular flexibility index (Phi) is 4.02. The first-order chi connectivity index (χ1) is 8.97. The van der Waals surface area contributed by atoms with Gasteiger partial charge in [-0.2, -0.15) is 0 Å². The van der Waals surface area contributed by atoms with Crippen LogP contribution in [-0.2, 0) is 0 Å². The maximum absolute atomic E-state index is 13.1. The molecule has 6 heteroatoms. The SMILES string of the molecule is Cc1cc(Cl)ccc1NC(=O)c1cc(F)cnc1Cl. The molecule has 19 heavy (non-hydrogen) atoms. The third-order valence-corrected chi connectivity index (χ3v) is 3.02. The number of nitrogens with one attached hydrogen (secondary N) is 1. The summed E-state index contributed by atoms with van der Waals surface area (Å²) in [5.41, 5.74) is 1.35. The molecule has 0 aliphatic rings. The highest BCUT2D eigenvalue weighted by Gasteiger charge is 2.13. The first-order valence-corrected chi connectivity index (χ1v) is 6.11. The van der Waals surface area contributed by atoms with Gasteiger partial charge in [0.25, 0.3) is 5.91 Å². The van der Waals surface area contributed by atoms with Crippen LogP contribution >= 0.6 is 23.2 Å². The number of halogens is 3. The lowest BCUT2D eigenvalue weighted by molar-refractivity contribution is 0.102. The van der Waals surface area contributed by atoms with Crippen molar-refractivity contribution in [1.82, 2.24) is 4.98 Å². The van der Waals surface area contributed by atoms with Crippen molar-refractivity contribution in [2.45, 2.75) is 6.92 Å². The number of pyridine rings is 1. The van der Waals surface area contributed by atoms with Crippen LogP contribution < -0.4 is 5.32 Å². The molecule has 0 unspecified atom stereocenters. The van der Waals surface area contributed by atoms with Gasteiger partial charge in [-0.1, -0.05) is 23.2 Å². The van der Waals surface area contributed by atoms with Crippen molar-refractivity contribution in [3.63, 3.8) is 0 Å². The Morgan fingerprint density at radius 3 is 2.74 bits per heavy atom. The van der Waals surface area contributed by atoms with E-state index < -0.39 is 11.7 Å². The molecule has 0 bridgehead atoms. The van der Waals surface area contributed by atoms with Gasteiger partial charge in [-0.05, 0) is 36.8 Å². The minimum Gasteiger partial charge on any atom is -0.322 e. The van der Waals surface area contributed by atoms with Crippen LogP contribution in [0.2, 0.25) is 10.2 Å². The van der Waals surface area contributed by atoms with Gasteiger partial charge in [-0.3, -0.25) is 4.79 Å². The van der Waals surface area contributed by atoms with E-state index in [-0.39, 0.29) is 10.7 Å². The zero-order valence-electron chi connectivity index (χ0n) is 9.88. The average molecular weight is 299 g/mol. The van der Waals surface area contributed by atoms with Crippen LogP contribution in [0, 0.1) is 12.7 Å². The summed E-state index contributed by atoms with van der Waals surface area (Å²) in [7, 11) is 0. The van der Waals surface area contributed by atoms with Crippen molar-refractivity contribution < 1.29 is 9.18 Å². The zero-order valence-corrected chi connectivity index (χ0v) is 11.4. The van der Waals surface area contributed by atoms with Crippen LogP contribution in [0.15, 0.2) is 30.5 Å². The summed E-state index contributed by atoms with van der Waals surface area (Å²) in [6.07, 6.45) is 0.951. The molecule has 1 aromatic carbocycles. The van der Waals surface area contributed by atoms with Crippen LogP contribution in [0.5, 0.6) is 0 Å². The topological polar surface area (TPSA) is 42.0 Å². The number of hydrogen-bond acceptors (Lipinski definition) is 2. The van der Waals surface area contributed by atoms with Gasteiger partial charge < -0.3 is 5.32 Å². The standard InChI is InChI=1S/C13H9Cl2FN2O/c1-7-4-8(14)2-3-11(7)18-13(19)10-5-9(16)6-17-12(10)15/h2-6H,1H3,(H,18,19). The Hall–Kier alpha value is -1.65. The second-order valence-corrected chi connectivity index (χ2v) is 4.70. The monoisotopic (exact) mass is 298 g/mol. The smallest absolute Gasteiger partial charge is 0.258 e. The number of hydrogen-bond donors (Lipinski definition) is 1. The van der Waals surface area contributed by atoms with Gasteiger partial charge in [-0.15, -0.1) is 0 Å². The third-order valence-electron chi connectivity index (χ3n) is 2.49. The van der Waals surface area contributed by atoms with Gasteiger partial charge in [0.1, 0.15) is 11.0 Å². The van der Waals surface area contributed by atoms with Crippen molar-refractivity contribution in [2.75, 3.05) is 5.32 Å². The van der Waals surface area contributed by atoms with Crippen molar-refractivity contribution in [3.05, 3.63) is 57.6 Å². The summed E-state index contributed by atoms with van der Waals surface area (Å²) >= 11 is 11.6. The molecule has 1 N–H and O–H groups in total. The molecule has 1 heterocycles. The summed E-state index contributed by atoms with van der Waals surface area (Å²) in [5.74, 6) is -1.15. The second kappa shape index (κ2) is 5.55. The number of aryl methyl sites for hydroxylation is 1. The Morgan fingerprint density at radius 2 is 2.05 bits per heavy atom. The summed E-state index contributed by atoms with van der Waals surface area (Å²) in [5, 5.41) is 3.15. The van der Waals surface area contributed by atoms with E-state index in [1.165, 1.54) is 0 Å². The Bertz CT molecular complexity index is 647.